The van der Waals surface area contributed by atoms with E-state index in [2.05, 4.69) is 0 Å². The first-order valence-corrected chi connectivity index (χ1v) is 11.2. The number of rotatable bonds is 8. The molecule has 198 valence electrons. The van der Waals surface area contributed by atoms with Crippen LogP contribution in [0.2, 0.25) is 0 Å². The summed E-state index contributed by atoms with van der Waals surface area (Å²) in [6.45, 7) is -1.16. The van der Waals surface area contributed by atoms with E-state index >= 15 is 0 Å². The Morgan fingerprint density at radius 2 is 1.35 bits per heavy atom. The minimum absolute atomic E-state index is 0.0216. The van der Waals surface area contributed by atoms with Crippen LogP contribution in [0.4, 0.5) is 46.5 Å². The standard InChI is InChI=1S/C26H21F8NO2/c27-24(28,26(32,33)34)18-5-2-6-19(13-18)35(15-23(36)25(29,30)31)20-7-3-9-22(14-20)37-21-8-1-4-17(12-21)16-10-11-16/h1-9,12-14,16,23,36H,10-11,15H2. The minimum Gasteiger partial charge on any atom is -0.457 e. The summed E-state index contributed by atoms with van der Waals surface area (Å²) in [5, 5.41) is 9.70. The molecule has 1 saturated carbocycles. The predicted octanol–water partition coefficient (Wildman–Crippen LogP) is 8.07. The van der Waals surface area contributed by atoms with Crippen LogP contribution in [-0.4, -0.2) is 30.1 Å². The first-order valence-electron chi connectivity index (χ1n) is 11.2. The molecule has 0 heterocycles. The zero-order valence-electron chi connectivity index (χ0n) is 19.0. The summed E-state index contributed by atoms with van der Waals surface area (Å²) < 4.78 is 112. The molecule has 0 spiro atoms. The predicted molar refractivity (Wildman–Crippen MR) is 120 cm³/mol. The van der Waals surface area contributed by atoms with Crippen molar-refractivity contribution in [3.8, 4) is 11.5 Å². The molecule has 0 radical (unpaired) electrons. The van der Waals surface area contributed by atoms with Gasteiger partial charge in [0.05, 0.1) is 6.54 Å². The van der Waals surface area contributed by atoms with Gasteiger partial charge >= 0.3 is 18.3 Å². The van der Waals surface area contributed by atoms with Crippen molar-refractivity contribution in [1.82, 2.24) is 0 Å². The van der Waals surface area contributed by atoms with Crippen LogP contribution in [-0.2, 0) is 5.92 Å². The van der Waals surface area contributed by atoms with Crippen molar-refractivity contribution in [2.45, 2.75) is 43.1 Å². The molecule has 0 amide bonds. The number of aliphatic hydroxyl groups is 1. The lowest BCUT2D eigenvalue weighted by atomic mass is 10.1. The van der Waals surface area contributed by atoms with Crippen molar-refractivity contribution in [1.29, 1.82) is 0 Å². The average molecular weight is 531 g/mol. The number of alkyl halides is 8. The van der Waals surface area contributed by atoms with Crippen LogP contribution in [0.25, 0.3) is 0 Å². The third-order valence-electron chi connectivity index (χ3n) is 5.88. The Balaban J connectivity index is 1.70. The maximum absolute atomic E-state index is 14.0. The number of hydrogen-bond donors (Lipinski definition) is 1. The van der Waals surface area contributed by atoms with Crippen molar-refractivity contribution in [2.24, 2.45) is 0 Å². The molecule has 3 aromatic rings. The molecule has 0 bridgehead atoms. The first kappa shape index (κ1) is 26.7. The molecule has 1 aliphatic carbocycles. The van der Waals surface area contributed by atoms with Crippen LogP contribution < -0.4 is 9.64 Å². The monoisotopic (exact) mass is 531 g/mol. The molecule has 37 heavy (non-hydrogen) atoms. The van der Waals surface area contributed by atoms with Gasteiger partial charge in [0.25, 0.3) is 0 Å². The number of halogens is 8. The Morgan fingerprint density at radius 1 is 0.784 bits per heavy atom. The number of nitrogens with zero attached hydrogens (tertiary/aromatic N) is 1. The fourth-order valence-electron chi connectivity index (χ4n) is 3.77. The van der Waals surface area contributed by atoms with Gasteiger partial charge in [-0.05, 0) is 60.7 Å². The third kappa shape index (κ3) is 6.15. The Morgan fingerprint density at radius 3 is 1.95 bits per heavy atom. The normalized spacial score (nSPS) is 15.4. The highest BCUT2D eigenvalue weighted by atomic mass is 19.4. The second kappa shape index (κ2) is 9.85. The van der Waals surface area contributed by atoms with E-state index in [4.69, 9.17) is 4.74 Å². The van der Waals surface area contributed by atoms with Crippen molar-refractivity contribution >= 4 is 11.4 Å². The van der Waals surface area contributed by atoms with Gasteiger partial charge in [-0.15, -0.1) is 0 Å². The molecule has 1 N–H and O–H groups in total. The second-order valence-electron chi connectivity index (χ2n) is 8.74. The SMILES string of the molecule is OC(CN(c1cccc(Oc2cccc(C3CC3)c2)c1)c1cccc(C(F)(F)C(F)(F)F)c1)C(F)(F)F. The van der Waals surface area contributed by atoms with E-state index in [9.17, 15) is 40.2 Å². The van der Waals surface area contributed by atoms with E-state index in [-0.39, 0.29) is 11.4 Å². The van der Waals surface area contributed by atoms with E-state index in [1.807, 2.05) is 12.1 Å². The second-order valence-corrected chi connectivity index (χ2v) is 8.74. The van der Waals surface area contributed by atoms with Crippen molar-refractivity contribution < 1.29 is 45.0 Å². The summed E-state index contributed by atoms with van der Waals surface area (Å²) >= 11 is 0. The number of ether oxygens (including phenoxy) is 1. The van der Waals surface area contributed by atoms with Gasteiger partial charge in [0.2, 0.25) is 0 Å². The summed E-state index contributed by atoms with van der Waals surface area (Å²) in [5.41, 5.74) is -0.802. The number of benzene rings is 3. The van der Waals surface area contributed by atoms with Gasteiger partial charge < -0.3 is 14.7 Å². The minimum atomic E-state index is -5.91. The highest BCUT2D eigenvalue weighted by Crippen LogP contribution is 2.45. The average Bonchev–Trinajstić information content (AvgIpc) is 3.67. The summed E-state index contributed by atoms with van der Waals surface area (Å²) in [7, 11) is 0. The molecule has 1 unspecified atom stereocenters. The van der Waals surface area contributed by atoms with Gasteiger partial charge in [-0.25, -0.2) is 0 Å². The van der Waals surface area contributed by atoms with Crippen LogP contribution in [0.15, 0.2) is 72.8 Å². The topological polar surface area (TPSA) is 32.7 Å². The zero-order valence-corrected chi connectivity index (χ0v) is 19.0. The van der Waals surface area contributed by atoms with Gasteiger partial charge in [-0.1, -0.05) is 30.3 Å². The number of hydrogen-bond acceptors (Lipinski definition) is 3. The van der Waals surface area contributed by atoms with E-state index in [1.54, 1.807) is 12.1 Å². The van der Waals surface area contributed by atoms with Gasteiger partial charge in [-0.3, -0.25) is 0 Å². The molecule has 1 fully saturated rings. The lowest BCUT2D eigenvalue weighted by Crippen LogP contribution is -2.39. The molecule has 1 atom stereocenters. The highest BCUT2D eigenvalue weighted by Gasteiger charge is 2.58. The molecule has 0 saturated heterocycles. The maximum atomic E-state index is 14.0. The van der Waals surface area contributed by atoms with Gasteiger partial charge in [0, 0.05) is 23.0 Å². The van der Waals surface area contributed by atoms with Crippen LogP contribution in [0.5, 0.6) is 11.5 Å². The van der Waals surface area contributed by atoms with Crippen molar-refractivity contribution in [2.75, 3.05) is 11.4 Å². The van der Waals surface area contributed by atoms with Crippen LogP contribution >= 0.6 is 0 Å². The smallest absolute Gasteiger partial charge is 0.457 e. The van der Waals surface area contributed by atoms with Crippen LogP contribution in [0.3, 0.4) is 0 Å². The molecule has 3 aromatic carbocycles. The Labute approximate surface area is 206 Å². The summed E-state index contributed by atoms with van der Waals surface area (Å²) in [6, 6.07) is 15.8. The van der Waals surface area contributed by atoms with E-state index < -0.39 is 42.2 Å². The van der Waals surface area contributed by atoms with Gasteiger partial charge in [0.1, 0.15) is 11.5 Å². The molecular weight excluding hydrogens is 510 g/mol. The molecule has 11 heteroatoms. The van der Waals surface area contributed by atoms with Crippen molar-refractivity contribution in [3.05, 3.63) is 83.9 Å². The summed E-state index contributed by atoms with van der Waals surface area (Å²) in [6.07, 6.45) is -11.8. The van der Waals surface area contributed by atoms with E-state index in [0.29, 0.717) is 23.8 Å². The molecule has 0 aromatic heterocycles. The molecular formula is C26H21F8NO2. The van der Waals surface area contributed by atoms with Gasteiger partial charge in [-0.2, -0.15) is 35.1 Å². The lowest BCUT2D eigenvalue weighted by molar-refractivity contribution is -0.289. The van der Waals surface area contributed by atoms with Crippen LogP contribution in [0, 0.1) is 0 Å². The lowest BCUT2D eigenvalue weighted by Gasteiger charge is -2.30. The molecule has 4 rings (SSSR count). The highest BCUT2D eigenvalue weighted by molar-refractivity contribution is 5.66. The fourth-order valence-corrected chi connectivity index (χ4v) is 3.77. The van der Waals surface area contributed by atoms with E-state index in [1.165, 1.54) is 24.3 Å². The first-order chi connectivity index (χ1) is 17.3. The Kier molecular flexibility index (Phi) is 7.11. The van der Waals surface area contributed by atoms with Gasteiger partial charge in [0.15, 0.2) is 6.10 Å². The molecule has 3 nitrogen and oxygen atoms in total. The summed E-state index contributed by atoms with van der Waals surface area (Å²) in [5.74, 6) is -4.14. The third-order valence-corrected chi connectivity index (χ3v) is 5.88. The molecule has 1 aliphatic rings. The number of aliphatic hydroxyl groups excluding tert-OH is 1. The summed E-state index contributed by atoms with van der Waals surface area (Å²) in [4.78, 5) is 0.807. The maximum Gasteiger partial charge on any atom is 0.458 e. The van der Waals surface area contributed by atoms with E-state index in [0.717, 1.165) is 35.4 Å². The van der Waals surface area contributed by atoms with Crippen LogP contribution in [0.1, 0.15) is 29.9 Å². The molecule has 0 aliphatic heterocycles. The zero-order chi connectivity index (χ0) is 27.0. The van der Waals surface area contributed by atoms with Crippen molar-refractivity contribution in [3.63, 3.8) is 0 Å². The largest absolute Gasteiger partial charge is 0.458 e. The Hall–Kier alpha value is -3.34. The Bertz CT molecular complexity index is 1240. The number of anilines is 2. The quantitative estimate of drug-likeness (QED) is 0.299. The fraction of sp³-hybridized carbons (Fsp3) is 0.308.